The third-order valence-electron chi connectivity index (χ3n) is 3.73. The van der Waals surface area contributed by atoms with Gasteiger partial charge in [0.25, 0.3) is 0 Å². The minimum atomic E-state index is 0.218. The molecule has 0 fully saturated rings. The van der Waals surface area contributed by atoms with Gasteiger partial charge in [-0.05, 0) is 43.9 Å². The van der Waals surface area contributed by atoms with Gasteiger partial charge >= 0.3 is 0 Å². The Labute approximate surface area is 148 Å². The Balaban J connectivity index is 1.93. The summed E-state index contributed by atoms with van der Waals surface area (Å²) in [6.45, 7) is 1.37. The SMILES string of the molecule is CN=C(NCc1ccccn1)NCC(c1ccc(Cl)cc1)N(C)C. The Morgan fingerprint density at radius 2 is 1.92 bits per heavy atom. The molecule has 0 aliphatic carbocycles. The first-order chi connectivity index (χ1) is 11.6. The van der Waals surface area contributed by atoms with Crippen LogP contribution in [0.3, 0.4) is 0 Å². The Hall–Kier alpha value is -2.11. The van der Waals surface area contributed by atoms with Crippen molar-refractivity contribution in [3.63, 3.8) is 0 Å². The molecule has 0 saturated heterocycles. The number of aromatic nitrogens is 1. The van der Waals surface area contributed by atoms with Crippen LogP contribution < -0.4 is 10.6 Å². The van der Waals surface area contributed by atoms with Crippen molar-refractivity contribution in [2.24, 2.45) is 4.99 Å². The van der Waals surface area contributed by atoms with Crippen LogP contribution in [-0.4, -0.2) is 43.5 Å². The van der Waals surface area contributed by atoms with E-state index in [-0.39, 0.29) is 6.04 Å². The minimum Gasteiger partial charge on any atom is -0.354 e. The predicted octanol–water partition coefficient (Wildman–Crippen LogP) is 2.70. The summed E-state index contributed by atoms with van der Waals surface area (Å²) in [4.78, 5) is 10.7. The largest absolute Gasteiger partial charge is 0.354 e. The molecule has 24 heavy (non-hydrogen) atoms. The Bertz CT molecular complexity index is 640. The molecule has 0 radical (unpaired) electrons. The molecular formula is C18H24ClN5. The van der Waals surface area contributed by atoms with Crippen molar-refractivity contribution in [2.75, 3.05) is 27.7 Å². The molecule has 128 valence electrons. The fraction of sp³-hybridized carbons (Fsp3) is 0.333. The van der Waals surface area contributed by atoms with Crippen molar-refractivity contribution >= 4 is 17.6 Å². The van der Waals surface area contributed by atoms with Gasteiger partial charge in [-0.1, -0.05) is 29.8 Å². The first kappa shape index (κ1) is 18.2. The molecule has 0 aliphatic rings. The lowest BCUT2D eigenvalue weighted by molar-refractivity contribution is 0.298. The summed E-state index contributed by atoms with van der Waals surface area (Å²) in [5.74, 6) is 0.751. The normalized spacial score (nSPS) is 13.0. The highest BCUT2D eigenvalue weighted by Crippen LogP contribution is 2.19. The maximum absolute atomic E-state index is 5.98. The van der Waals surface area contributed by atoms with Crippen LogP contribution >= 0.6 is 11.6 Å². The van der Waals surface area contributed by atoms with Crippen LogP contribution in [0.15, 0.2) is 53.7 Å². The molecule has 1 aromatic heterocycles. The fourth-order valence-electron chi connectivity index (χ4n) is 2.37. The van der Waals surface area contributed by atoms with E-state index in [0.29, 0.717) is 6.54 Å². The molecule has 0 bridgehead atoms. The molecular weight excluding hydrogens is 322 g/mol. The first-order valence-electron chi connectivity index (χ1n) is 7.86. The molecule has 1 unspecified atom stereocenters. The highest BCUT2D eigenvalue weighted by Gasteiger charge is 2.14. The Kier molecular flexibility index (Phi) is 7.03. The number of hydrogen-bond acceptors (Lipinski definition) is 3. The van der Waals surface area contributed by atoms with E-state index in [1.807, 2.05) is 30.3 Å². The number of aliphatic imine (C=N–C) groups is 1. The number of hydrogen-bond donors (Lipinski definition) is 2. The van der Waals surface area contributed by atoms with E-state index >= 15 is 0 Å². The quantitative estimate of drug-likeness (QED) is 0.624. The van der Waals surface area contributed by atoms with Crippen molar-refractivity contribution in [3.8, 4) is 0 Å². The van der Waals surface area contributed by atoms with Crippen LogP contribution in [0.2, 0.25) is 5.02 Å². The molecule has 2 rings (SSSR count). The maximum atomic E-state index is 5.98. The zero-order valence-corrected chi connectivity index (χ0v) is 15.1. The third kappa shape index (κ3) is 5.51. The first-order valence-corrected chi connectivity index (χ1v) is 8.24. The molecule has 5 nitrogen and oxygen atoms in total. The zero-order valence-electron chi connectivity index (χ0n) is 14.3. The second-order valence-electron chi connectivity index (χ2n) is 5.66. The third-order valence-corrected chi connectivity index (χ3v) is 3.98. The molecule has 1 aromatic carbocycles. The topological polar surface area (TPSA) is 52.6 Å². The van der Waals surface area contributed by atoms with Crippen molar-refractivity contribution in [1.82, 2.24) is 20.5 Å². The number of rotatable bonds is 6. The predicted molar refractivity (Wildman–Crippen MR) is 100 cm³/mol. The van der Waals surface area contributed by atoms with Crippen LogP contribution in [0.5, 0.6) is 0 Å². The van der Waals surface area contributed by atoms with Gasteiger partial charge in [0.2, 0.25) is 0 Å². The van der Waals surface area contributed by atoms with Crippen LogP contribution in [0.25, 0.3) is 0 Å². The van der Waals surface area contributed by atoms with E-state index < -0.39 is 0 Å². The lowest BCUT2D eigenvalue weighted by atomic mass is 10.1. The van der Waals surface area contributed by atoms with Crippen molar-refractivity contribution in [1.29, 1.82) is 0 Å². The highest BCUT2D eigenvalue weighted by atomic mass is 35.5. The summed E-state index contributed by atoms with van der Waals surface area (Å²) in [6, 6.07) is 14.0. The van der Waals surface area contributed by atoms with Gasteiger partial charge in [-0.15, -0.1) is 0 Å². The average Bonchev–Trinajstić information content (AvgIpc) is 2.60. The molecule has 2 aromatic rings. The number of pyridine rings is 1. The Morgan fingerprint density at radius 3 is 2.50 bits per heavy atom. The van der Waals surface area contributed by atoms with E-state index in [2.05, 4.69) is 51.7 Å². The molecule has 0 amide bonds. The van der Waals surface area contributed by atoms with Crippen molar-refractivity contribution in [2.45, 2.75) is 12.6 Å². The number of nitrogens with one attached hydrogen (secondary N) is 2. The smallest absolute Gasteiger partial charge is 0.191 e. The van der Waals surface area contributed by atoms with Gasteiger partial charge in [0.15, 0.2) is 5.96 Å². The molecule has 6 heteroatoms. The number of halogens is 1. The van der Waals surface area contributed by atoms with Gasteiger partial charge in [-0.25, -0.2) is 0 Å². The van der Waals surface area contributed by atoms with E-state index in [1.165, 1.54) is 5.56 Å². The summed E-state index contributed by atoms with van der Waals surface area (Å²) >= 11 is 5.98. The fourth-order valence-corrected chi connectivity index (χ4v) is 2.50. The van der Waals surface area contributed by atoms with Crippen LogP contribution in [0, 0.1) is 0 Å². The second-order valence-corrected chi connectivity index (χ2v) is 6.10. The summed E-state index contributed by atoms with van der Waals surface area (Å²) in [7, 11) is 5.89. The molecule has 1 heterocycles. The zero-order chi connectivity index (χ0) is 17.4. The van der Waals surface area contributed by atoms with Crippen LogP contribution in [0.1, 0.15) is 17.3 Å². The number of nitrogens with zero attached hydrogens (tertiary/aromatic N) is 3. The van der Waals surface area contributed by atoms with Crippen molar-refractivity contribution in [3.05, 3.63) is 64.9 Å². The average molecular weight is 346 g/mol. The van der Waals surface area contributed by atoms with E-state index in [1.54, 1.807) is 13.2 Å². The van der Waals surface area contributed by atoms with Gasteiger partial charge < -0.3 is 15.5 Å². The van der Waals surface area contributed by atoms with Gasteiger partial charge in [-0.3, -0.25) is 9.98 Å². The summed E-state index contributed by atoms with van der Waals surface area (Å²) < 4.78 is 0. The lowest BCUT2D eigenvalue weighted by Crippen LogP contribution is -2.41. The summed E-state index contributed by atoms with van der Waals surface area (Å²) in [5.41, 5.74) is 2.18. The molecule has 2 N–H and O–H groups in total. The van der Waals surface area contributed by atoms with Crippen LogP contribution in [-0.2, 0) is 6.54 Å². The number of likely N-dealkylation sites (N-methyl/N-ethyl adjacent to an activating group) is 1. The van der Waals surface area contributed by atoms with Gasteiger partial charge in [0, 0.05) is 24.8 Å². The minimum absolute atomic E-state index is 0.218. The number of benzene rings is 1. The summed E-state index contributed by atoms with van der Waals surface area (Å²) in [6.07, 6.45) is 1.79. The van der Waals surface area contributed by atoms with E-state index in [0.717, 1.165) is 23.2 Å². The Morgan fingerprint density at radius 1 is 1.17 bits per heavy atom. The van der Waals surface area contributed by atoms with Gasteiger partial charge in [-0.2, -0.15) is 0 Å². The summed E-state index contributed by atoms with van der Waals surface area (Å²) in [5, 5.41) is 7.40. The molecule has 1 atom stereocenters. The number of guanidine groups is 1. The molecule has 0 saturated carbocycles. The van der Waals surface area contributed by atoms with Gasteiger partial charge in [0.05, 0.1) is 18.3 Å². The van der Waals surface area contributed by atoms with E-state index in [9.17, 15) is 0 Å². The highest BCUT2D eigenvalue weighted by molar-refractivity contribution is 6.30. The molecule has 0 aliphatic heterocycles. The van der Waals surface area contributed by atoms with E-state index in [4.69, 9.17) is 11.6 Å². The van der Waals surface area contributed by atoms with Crippen LogP contribution in [0.4, 0.5) is 0 Å². The monoisotopic (exact) mass is 345 g/mol. The second kappa shape index (κ2) is 9.25. The van der Waals surface area contributed by atoms with Crippen molar-refractivity contribution < 1.29 is 0 Å². The lowest BCUT2D eigenvalue weighted by Gasteiger charge is -2.26. The molecule has 0 spiro atoms. The standard InChI is InChI=1S/C18H24ClN5/c1-20-18(22-12-16-6-4-5-11-21-16)23-13-17(24(2)3)14-7-9-15(19)10-8-14/h4-11,17H,12-13H2,1-3H3,(H2,20,22,23). The maximum Gasteiger partial charge on any atom is 0.191 e. The van der Waals surface area contributed by atoms with Gasteiger partial charge in [0.1, 0.15) is 0 Å².